The van der Waals surface area contributed by atoms with Crippen molar-refractivity contribution in [1.29, 1.82) is 0 Å². The topological polar surface area (TPSA) is 41.9 Å². The number of hydrogen-bond donors (Lipinski definition) is 2. The van der Waals surface area contributed by atoms with E-state index in [1.807, 2.05) is 42.5 Å². The molecule has 0 unspecified atom stereocenters. The molecule has 1 aromatic heterocycles. The number of benzene rings is 3. The van der Waals surface area contributed by atoms with Crippen LogP contribution in [0.5, 0.6) is 0 Å². The Kier molecular flexibility index (Phi) is 3.72. The summed E-state index contributed by atoms with van der Waals surface area (Å²) in [5, 5.41) is 0. The Hall–Kier alpha value is -3.79. The molecule has 0 amide bonds. The van der Waals surface area contributed by atoms with Crippen molar-refractivity contribution < 1.29 is 0 Å². The van der Waals surface area contributed by atoms with E-state index in [-0.39, 0.29) is 0 Å². The first-order chi connectivity index (χ1) is 13.4. The molecule has 2 N–H and O–H groups in total. The lowest BCUT2D eigenvalue weighted by molar-refractivity contribution is 0.964. The first-order valence-corrected chi connectivity index (χ1v) is 8.92. The van der Waals surface area contributed by atoms with Gasteiger partial charge in [0.25, 0.3) is 0 Å². The van der Waals surface area contributed by atoms with Crippen molar-refractivity contribution in [3.8, 4) is 22.5 Å². The minimum Gasteiger partial charge on any atom is -0.296 e. The van der Waals surface area contributed by atoms with Crippen LogP contribution in [0.2, 0.25) is 0 Å². The Morgan fingerprint density at radius 3 is 1.78 bits per heavy atom. The van der Waals surface area contributed by atoms with Gasteiger partial charge in [-0.05, 0) is 0 Å². The number of rotatable bonds is 3. The number of aromatic nitrogens is 2. The zero-order chi connectivity index (χ0) is 18.1. The molecule has 1 aliphatic heterocycles. The predicted molar refractivity (Wildman–Crippen MR) is 110 cm³/mol. The van der Waals surface area contributed by atoms with Crippen molar-refractivity contribution in [1.82, 2.24) is 15.0 Å². The second kappa shape index (κ2) is 6.50. The average Bonchev–Trinajstić information content (AvgIpc) is 3.14. The van der Waals surface area contributed by atoms with E-state index in [1.165, 1.54) is 0 Å². The zero-order valence-electron chi connectivity index (χ0n) is 14.6. The highest BCUT2D eigenvalue weighted by Gasteiger charge is 2.22. The molecule has 0 bridgehead atoms. The third kappa shape index (κ3) is 2.77. The molecule has 2 heterocycles. The lowest BCUT2D eigenvalue weighted by Gasteiger charge is -2.20. The monoisotopic (exact) mass is 350 g/mol. The van der Waals surface area contributed by atoms with Crippen LogP contribution < -0.4 is 10.9 Å². The summed E-state index contributed by atoms with van der Waals surface area (Å²) >= 11 is 0. The minimum absolute atomic E-state index is 0.771. The summed E-state index contributed by atoms with van der Waals surface area (Å²) in [4.78, 5) is 4.87. The Morgan fingerprint density at radius 2 is 1.15 bits per heavy atom. The number of imidazole rings is 1. The Morgan fingerprint density at radius 1 is 0.593 bits per heavy atom. The van der Waals surface area contributed by atoms with Crippen molar-refractivity contribution in [3.63, 3.8) is 0 Å². The van der Waals surface area contributed by atoms with Gasteiger partial charge in [-0.2, -0.15) is 0 Å². The number of hydrogen-bond acceptors (Lipinski definition) is 3. The molecule has 0 saturated carbocycles. The molecule has 0 radical (unpaired) electrons. The van der Waals surface area contributed by atoms with Gasteiger partial charge in [-0.1, -0.05) is 91.0 Å². The van der Waals surface area contributed by atoms with Crippen molar-refractivity contribution in [3.05, 3.63) is 96.6 Å². The van der Waals surface area contributed by atoms with E-state index in [2.05, 4.69) is 70.1 Å². The fourth-order valence-corrected chi connectivity index (χ4v) is 3.36. The van der Waals surface area contributed by atoms with Gasteiger partial charge in [0.15, 0.2) is 0 Å². The highest BCUT2D eigenvalue weighted by atomic mass is 15.5. The Balaban J connectivity index is 1.73. The first-order valence-electron chi connectivity index (χ1n) is 8.92. The SMILES string of the molecule is C1=C(c2ccccc2)NNc2nc(-c3ccccc3)c(-c3ccccc3)n21. The highest BCUT2D eigenvalue weighted by Crippen LogP contribution is 2.36. The number of nitrogens with zero attached hydrogens (tertiary/aromatic N) is 2. The van der Waals surface area contributed by atoms with Gasteiger partial charge in [0.05, 0.1) is 17.1 Å². The Bertz CT molecular complexity index is 1100. The van der Waals surface area contributed by atoms with Crippen LogP contribution in [0.25, 0.3) is 34.4 Å². The van der Waals surface area contributed by atoms with Crippen LogP contribution in [-0.2, 0) is 0 Å². The number of anilines is 1. The van der Waals surface area contributed by atoms with Crippen molar-refractivity contribution in [2.24, 2.45) is 0 Å². The summed E-state index contributed by atoms with van der Waals surface area (Å²) in [6.45, 7) is 0. The molecule has 4 heteroatoms. The number of fused-ring (bicyclic) bond motifs is 1. The molecule has 0 saturated heterocycles. The smallest absolute Gasteiger partial charge is 0.227 e. The van der Waals surface area contributed by atoms with Gasteiger partial charge in [-0.15, -0.1) is 0 Å². The summed E-state index contributed by atoms with van der Waals surface area (Å²) < 4.78 is 2.12. The standard InChI is InChI=1S/C23H18N4/c1-4-10-17(11-5-1)20-16-27-22(19-14-8-3-9-15-19)21(24-23(27)26-25-20)18-12-6-2-7-13-18/h1-16,25H,(H,24,26). The van der Waals surface area contributed by atoms with Gasteiger partial charge in [0.1, 0.15) is 0 Å². The van der Waals surface area contributed by atoms with Gasteiger partial charge in [0, 0.05) is 22.9 Å². The molecule has 4 nitrogen and oxygen atoms in total. The normalized spacial score (nSPS) is 12.5. The Labute approximate surface area is 157 Å². The first kappa shape index (κ1) is 15.5. The van der Waals surface area contributed by atoms with E-state index < -0.39 is 0 Å². The number of hydrazine groups is 1. The summed E-state index contributed by atoms with van der Waals surface area (Å²) in [5.41, 5.74) is 12.9. The second-order valence-corrected chi connectivity index (χ2v) is 6.39. The molecule has 1 aliphatic rings. The lowest BCUT2D eigenvalue weighted by atomic mass is 10.0. The van der Waals surface area contributed by atoms with E-state index in [1.54, 1.807) is 0 Å². The quantitative estimate of drug-likeness (QED) is 0.540. The molecule has 0 spiro atoms. The third-order valence-corrected chi connectivity index (χ3v) is 4.66. The van der Waals surface area contributed by atoms with Crippen molar-refractivity contribution in [2.45, 2.75) is 0 Å². The van der Waals surface area contributed by atoms with Crippen LogP contribution in [0.1, 0.15) is 5.56 Å². The second-order valence-electron chi connectivity index (χ2n) is 6.39. The van der Waals surface area contributed by atoms with E-state index in [4.69, 9.17) is 4.98 Å². The minimum atomic E-state index is 0.771. The van der Waals surface area contributed by atoms with Crippen LogP contribution in [-0.4, -0.2) is 9.55 Å². The zero-order valence-corrected chi connectivity index (χ0v) is 14.6. The van der Waals surface area contributed by atoms with E-state index in [0.29, 0.717) is 0 Å². The van der Waals surface area contributed by atoms with Crippen LogP contribution >= 0.6 is 0 Å². The molecule has 27 heavy (non-hydrogen) atoms. The van der Waals surface area contributed by atoms with Gasteiger partial charge >= 0.3 is 0 Å². The average molecular weight is 350 g/mol. The van der Waals surface area contributed by atoms with Crippen LogP contribution in [0.4, 0.5) is 5.95 Å². The van der Waals surface area contributed by atoms with Crippen LogP contribution in [0.3, 0.4) is 0 Å². The predicted octanol–water partition coefficient (Wildman–Crippen LogP) is 5.10. The number of nitrogens with one attached hydrogen (secondary N) is 2. The largest absolute Gasteiger partial charge is 0.296 e. The van der Waals surface area contributed by atoms with E-state index in [9.17, 15) is 0 Å². The van der Waals surface area contributed by atoms with Gasteiger partial charge in [-0.25, -0.2) is 4.98 Å². The lowest BCUT2D eigenvalue weighted by Crippen LogP contribution is -2.26. The fourth-order valence-electron chi connectivity index (χ4n) is 3.36. The van der Waals surface area contributed by atoms with Gasteiger partial charge in [-0.3, -0.25) is 15.4 Å². The van der Waals surface area contributed by atoms with E-state index in [0.717, 1.165) is 39.7 Å². The summed E-state index contributed by atoms with van der Waals surface area (Å²) in [5.74, 6) is 0.771. The molecule has 0 aliphatic carbocycles. The maximum atomic E-state index is 4.87. The maximum Gasteiger partial charge on any atom is 0.227 e. The maximum absolute atomic E-state index is 4.87. The van der Waals surface area contributed by atoms with Crippen LogP contribution in [0.15, 0.2) is 91.0 Å². The molecular weight excluding hydrogens is 332 g/mol. The molecule has 4 aromatic rings. The van der Waals surface area contributed by atoms with Crippen LogP contribution in [0, 0.1) is 0 Å². The molecule has 0 atom stereocenters. The van der Waals surface area contributed by atoms with Crippen molar-refractivity contribution >= 4 is 17.8 Å². The molecule has 5 rings (SSSR count). The highest BCUT2D eigenvalue weighted by molar-refractivity contribution is 5.87. The molecule has 3 aromatic carbocycles. The van der Waals surface area contributed by atoms with Gasteiger partial charge < -0.3 is 0 Å². The summed E-state index contributed by atoms with van der Waals surface area (Å²) in [7, 11) is 0. The summed E-state index contributed by atoms with van der Waals surface area (Å²) in [6, 6.07) is 30.9. The van der Waals surface area contributed by atoms with Crippen molar-refractivity contribution in [2.75, 3.05) is 5.43 Å². The summed E-state index contributed by atoms with van der Waals surface area (Å²) in [6.07, 6.45) is 2.10. The van der Waals surface area contributed by atoms with Gasteiger partial charge in [0.2, 0.25) is 5.95 Å². The molecule has 130 valence electrons. The fraction of sp³-hybridized carbons (Fsp3) is 0. The molecule has 0 fully saturated rings. The third-order valence-electron chi connectivity index (χ3n) is 4.66. The van der Waals surface area contributed by atoms with E-state index >= 15 is 0 Å². The molecular formula is C23H18N4.